The lowest BCUT2D eigenvalue weighted by Crippen LogP contribution is -2.39. The summed E-state index contributed by atoms with van der Waals surface area (Å²) >= 11 is 8.61. The second-order valence-electron chi connectivity index (χ2n) is 7.49. The average molecular weight is 539 g/mol. The molecule has 0 amide bonds. The fraction of sp³-hybridized carbons (Fsp3) is 0.350. The first-order valence-electron chi connectivity index (χ1n) is 10.4. The van der Waals surface area contributed by atoms with Crippen LogP contribution >= 0.6 is 34.7 Å². The summed E-state index contributed by atoms with van der Waals surface area (Å²) in [7, 11) is 0. The number of nitrogens with one attached hydrogen (secondary N) is 1. The van der Waals surface area contributed by atoms with Crippen molar-refractivity contribution in [1.29, 1.82) is 0 Å². The summed E-state index contributed by atoms with van der Waals surface area (Å²) in [5, 5.41) is 41.5. The van der Waals surface area contributed by atoms with Crippen LogP contribution in [0, 0.1) is 0 Å². The highest BCUT2D eigenvalue weighted by Crippen LogP contribution is 2.35. The molecule has 186 valence electrons. The summed E-state index contributed by atoms with van der Waals surface area (Å²) in [5.41, 5.74) is 6.34. The molecule has 4 rings (SSSR count). The second kappa shape index (κ2) is 11.4. The van der Waals surface area contributed by atoms with E-state index in [9.17, 15) is 15.3 Å². The van der Waals surface area contributed by atoms with Crippen LogP contribution in [0.2, 0.25) is 5.02 Å². The standard InChI is InChI=1S/C20H23ClN8O4S2/c1-10(31)15(8-30)33-19(35-16-4-11(21)5-25-17(16)18-23-2-3-24-18)14(32)7-29-6-12(27-28-29)13-9-34-20(22)26-13/h2-6,9-10,14-15,19,30-32H,7-8H2,1H3,(H2,22,26)(H,23,24)/t10-,14+,15?,19?/m1/s1. The van der Waals surface area contributed by atoms with Crippen molar-refractivity contribution in [3.8, 4) is 22.9 Å². The third-order valence-corrected chi connectivity index (χ3v) is 6.93. The number of nitrogens with two attached hydrogens (primary N) is 1. The Morgan fingerprint density at radius 2 is 2.14 bits per heavy atom. The lowest BCUT2D eigenvalue weighted by atomic mass is 10.2. The fourth-order valence-electron chi connectivity index (χ4n) is 3.07. The monoisotopic (exact) mass is 538 g/mol. The van der Waals surface area contributed by atoms with Crippen LogP contribution in [0.25, 0.3) is 22.9 Å². The summed E-state index contributed by atoms with van der Waals surface area (Å²) in [6.45, 7) is 1.05. The Balaban J connectivity index is 1.59. The molecular weight excluding hydrogens is 516 g/mol. The first-order valence-corrected chi connectivity index (χ1v) is 12.5. The lowest BCUT2D eigenvalue weighted by molar-refractivity contribution is -0.0972. The molecular formula is C20H23ClN8O4S2. The van der Waals surface area contributed by atoms with Crippen molar-refractivity contribution in [3.63, 3.8) is 0 Å². The molecule has 4 aromatic rings. The molecule has 0 aliphatic heterocycles. The molecule has 35 heavy (non-hydrogen) atoms. The van der Waals surface area contributed by atoms with Crippen molar-refractivity contribution in [2.75, 3.05) is 12.3 Å². The van der Waals surface area contributed by atoms with Gasteiger partial charge in [-0.15, -0.1) is 16.4 Å². The Labute approximate surface area is 213 Å². The second-order valence-corrected chi connectivity index (χ2v) is 9.95. The van der Waals surface area contributed by atoms with Crippen LogP contribution in [0.15, 0.2) is 41.1 Å². The van der Waals surface area contributed by atoms with Gasteiger partial charge < -0.3 is 30.8 Å². The molecule has 2 unspecified atom stereocenters. The quantitative estimate of drug-likeness (QED) is 0.138. The smallest absolute Gasteiger partial charge is 0.180 e. The molecule has 0 aromatic carbocycles. The number of anilines is 1. The maximum absolute atomic E-state index is 11.1. The Morgan fingerprint density at radius 1 is 1.31 bits per heavy atom. The third-order valence-electron chi connectivity index (χ3n) is 4.82. The normalized spacial score (nSPS) is 15.1. The van der Waals surface area contributed by atoms with Gasteiger partial charge in [0, 0.05) is 28.9 Å². The van der Waals surface area contributed by atoms with Gasteiger partial charge in [-0.1, -0.05) is 28.6 Å². The van der Waals surface area contributed by atoms with Gasteiger partial charge in [0.2, 0.25) is 0 Å². The van der Waals surface area contributed by atoms with Crippen LogP contribution in [0.5, 0.6) is 0 Å². The minimum atomic E-state index is -1.13. The molecule has 0 spiro atoms. The predicted molar refractivity (Wildman–Crippen MR) is 132 cm³/mol. The number of ether oxygens (including phenoxy) is 1. The molecule has 4 aromatic heterocycles. The topological polar surface area (TPSA) is 181 Å². The highest BCUT2D eigenvalue weighted by molar-refractivity contribution is 8.00. The number of hydrogen-bond donors (Lipinski definition) is 5. The van der Waals surface area contributed by atoms with Gasteiger partial charge in [0.1, 0.15) is 34.7 Å². The molecule has 0 aliphatic rings. The highest BCUT2D eigenvalue weighted by atomic mass is 35.5. The molecule has 0 radical (unpaired) electrons. The van der Waals surface area contributed by atoms with Gasteiger partial charge in [0.15, 0.2) is 11.0 Å². The number of nitrogens with zero attached hydrogens (tertiary/aromatic N) is 6. The number of thioether (sulfide) groups is 1. The molecule has 0 aliphatic carbocycles. The van der Waals surface area contributed by atoms with E-state index in [1.807, 2.05) is 0 Å². The minimum absolute atomic E-state index is 0.00627. The number of aromatic nitrogens is 7. The fourth-order valence-corrected chi connectivity index (χ4v) is 5.00. The van der Waals surface area contributed by atoms with E-state index >= 15 is 0 Å². The van der Waals surface area contributed by atoms with Crippen molar-refractivity contribution in [1.82, 2.24) is 34.9 Å². The summed E-state index contributed by atoms with van der Waals surface area (Å²) < 4.78 is 7.38. The summed E-state index contributed by atoms with van der Waals surface area (Å²) in [4.78, 5) is 16.4. The van der Waals surface area contributed by atoms with E-state index < -0.39 is 30.4 Å². The number of rotatable bonds is 11. The van der Waals surface area contributed by atoms with Gasteiger partial charge in [0.25, 0.3) is 0 Å². The molecule has 0 saturated carbocycles. The average Bonchev–Trinajstić information content (AvgIpc) is 3.58. The predicted octanol–water partition coefficient (Wildman–Crippen LogP) is 1.66. The molecule has 6 N–H and O–H groups in total. The molecule has 4 heterocycles. The van der Waals surface area contributed by atoms with Gasteiger partial charge in [-0.3, -0.25) is 4.98 Å². The van der Waals surface area contributed by atoms with Crippen LogP contribution in [-0.4, -0.2) is 80.6 Å². The van der Waals surface area contributed by atoms with Crippen LogP contribution in [0.4, 0.5) is 5.13 Å². The van der Waals surface area contributed by atoms with Gasteiger partial charge in [-0.25, -0.2) is 14.6 Å². The third kappa shape index (κ3) is 6.35. The van der Waals surface area contributed by atoms with E-state index in [-0.39, 0.29) is 6.54 Å². The van der Waals surface area contributed by atoms with E-state index in [1.165, 1.54) is 29.1 Å². The highest BCUT2D eigenvalue weighted by Gasteiger charge is 2.29. The number of aliphatic hydroxyl groups is 3. The molecule has 15 heteroatoms. The van der Waals surface area contributed by atoms with Crippen molar-refractivity contribution in [2.45, 2.75) is 42.1 Å². The minimum Gasteiger partial charge on any atom is -0.394 e. The number of H-pyrrole nitrogens is 1. The maximum atomic E-state index is 11.1. The van der Waals surface area contributed by atoms with Gasteiger partial charge in [-0.2, -0.15) is 0 Å². The van der Waals surface area contributed by atoms with E-state index in [2.05, 4.69) is 30.2 Å². The van der Waals surface area contributed by atoms with E-state index in [0.717, 1.165) is 11.8 Å². The Bertz CT molecular complexity index is 1240. The zero-order valence-electron chi connectivity index (χ0n) is 18.4. The number of aromatic amines is 1. The number of hydrogen-bond acceptors (Lipinski definition) is 12. The number of halogens is 1. The van der Waals surface area contributed by atoms with E-state index in [1.54, 1.807) is 30.0 Å². The molecule has 0 fully saturated rings. The molecule has 4 atom stereocenters. The van der Waals surface area contributed by atoms with Gasteiger partial charge in [-0.05, 0) is 13.0 Å². The van der Waals surface area contributed by atoms with Crippen LogP contribution in [0.1, 0.15) is 6.92 Å². The van der Waals surface area contributed by atoms with Crippen molar-refractivity contribution < 1.29 is 20.1 Å². The number of imidazole rings is 1. The van der Waals surface area contributed by atoms with Crippen LogP contribution in [0.3, 0.4) is 0 Å². The van der Waals surface area contributed by atoms with E-state index in [4.69, 9.17) is 22.1 Å². The first-order chi connectivity index (χ1) is 16.8. The van der Waals surface area contributed by atoms with E-state index in [0.29, 0.717) is 38.0 Å². The Morgan fingerprint density at radius 3 is 2.80 bits per heavy atom. The maximum Gasteiger partial charge on any atom is 0.180 e. The number of pyridine rings is 1. The number of thiazole rings is 1. The van der Waals surface area contributed by atoms with Gasteiger partial charge >= 0.3 is 0 Å². The summed E-state index contributed by atoms with van der Waals surface area (Å²) in [5.74, 6) is 0.509. The number of aliphatic hydroxyl groups excluding tert-OH is 3. The van der Waals surface area contributed by atoms with Crippen LogP contribution in [-0.2, 0) is 11.3 Å². The SMILES string of the molecule is C[C@@H](O)C(CO)OC(Sc1cc(Cl)cnc1-c1ncc[nH]1)[C@@H](O)Cn1cc(-c2csc(N)n2)nn1. The lowest BCUT2D eigenvalue weighted by Gasteiger charge is -2.28. The molecule has 0 saturated heterocycles. The first kappa shape index (κ1) is 25.5. The Kier molecular flexibility index (Phi) is 8.33. The zero-order chi connectivity index (χ0) is 24.9. The zero-order valence-corrected chi connectivity index (χ0v) is 20.8. The van der Waals surface area contributed by atoms with Crippen molar-refractivity contribution >= 4 is 39.8 Å². The summed E-state index contributed by atoms with van der Waals surface area (Å²) in [6, 6.07) is 1.68. The van der Waals surface area contributed by atoms with Gasteiger partial charge in [0.05, 0.1) is 30.5 Å². The number of nitrogen functional groups attached to an aromatic ring is 1. The Hall–Kier alpha value is -2.59. The summed E-state index contributed by atoms with van der Waals surface area (Å²) in [6.07, 6.45) is 3.33. The molecule has 12 nitrogen and oxygen atoms in total. The largest absolute Gasteiger partial charge is 0.394 e. The van der Waals surface area contributed by atoms with Crippen molar-refractivity contribution in [3.05, 3.63) is 41.3 Å². The van der Waals surface area contributed by atoms with Crippen LogP contribution < -0.4 is 5.73 Å². The molecule has 0 bridgehead atoms. The van der Waals surface area contributed by atoms with Crippen molar-refractivity contribution in [2.24, 2.45) is 0 Å².